The standard InChI is InChI=1S/C18H22N4O4/c1-25-15-3-2-10(8-19-15)16(11-6-12(23)7-11)20-18(24)17-13-9-26-5-4-14(13)21-22-17/h2-3,8,11-12,16,23H,4-7,9H2,1H3,(H,20,24)(H,21,22). The second-order valence-electron chi connectivity index (χ2n) is 6.80. The molecule has 0 radical (unpaired) electrons. The molecule has 1 fully saturated rings. The van der Waals surface area contributed by atoms with E-state index in [0.29, 0.717) is 37.6 Å². The molecule has 0 saturated heterocycles. The summed E-state index contributed by atoms with van der Waals surface area (Å²) in [4.78, 5) is 17.1. The van der Waals surface area contributed by atoms with Gasteiger partial charge in [0.05, 0.1) is 32.5 Å². The largest absolute Gasteiger partial charge is 0.481 e. The number of pyridine rings is 1. The molecule has 2 aromatic heterocycles. The number of aliphatic hydroxyl groups excluding tert-OH is 1. The minimum absolute atomic E-state index is 0.162. The van der Waals surface area contributed by atoms with Crippen molar-refractivity contribution in [2.75, 3.05) is 13.7 Å². The van der Waals surface area contributed by atoms with Gasteiger partial charge in [0, 0.05) is 29.9 Å². The number of aromatic nitrogens is 3. The summed E-state index contributed by atoms with van der Waals surface area (Å²) in [6, 6.07) is 3.43. The van der Waals surface area contributed by atoms with Crippen molar-refractivity contribution in [2.45, 2.75) is 38.0 Å². The van der Waals surface area contributed by atoms with Crippen LogP contribution in [0.25, 0.3) is 0 Å². The van der Waals surface area contributed by atoms with Crippen LogP contribution in [0.5, 0.6) is 5.88 Å². The summed E-state index contributed by atoms with van der Waals surface area (Å²) in [7, 11) is 1.56. The number of ether oxygens (including phenoxy) is 2. The van der Waals surface area contributed by atoms with Gasteiger partial charge in [0.2, 0.25) is 5.88 Å². The molecule has 4 rings (SSSR count). The van der Waals surface area contributed by atoms with Crippen LogP contribution in [0.1, 0.15) is 46.2 Å². The van der Waals surface area contributed by atoms with E-state index in [1.807, 2.05) is 6.07 Å². The summed E-state index contributed by atoms with van der Waals surface area (Å²) in [6.07, 6.45) is 3.43. The van der Waals surface area contributed by atoms with Crippen molar-refractivity contribution in [3.8, 4) is 5.88 Å². The maximum Gasteiger partial charge on any atom is 0.272 e. The number of carbonyl (C=O) groups is 1. The van der Waals surface area contributed by atoms with Crippen molar-refractivity contribution in [1.82, 2.24) is 20.5 Å². The van der Waals surface area contributed by atoms with Crippen molar-refractivity contribution in [3.05, 3.63) is 40.8 Å². The van der Waals surface area contributed by atoms with Crippen LogP contribution in [0.3, 0.4) is 0 Å². The van der Waals surface area contributed by atoms with Gasteiger partial charge in [0.15, 0.2) is 5.69 Å². The highest BCUT2D eigenvalue weighted by molar-refractivity contribution is 5.94. The molecule has 2 aromatic rings. The fourth-order valence-electron chi connectivity index (χ4n) is 3.58. The Morgan fingerprint density at radius 2 is 2.31 bits per heavy atom. The van der Waals surface area contributed by atoms with Crippen LogP contribution in [0, 0.1) is 5.92 Å². The molecule has 1 saturated carbocycles. The van der Waals surface area contributed by atoms with Crippen LogP contribution in [0.2, 0.25) is 0 Å². The number of nitrogens with zero attached hydrogens (tertiary/aromatic N) is 2. The van der Waals surface area contributed by atoms with Crippen LogP contribution in [0.15, 0.2) is 18.3 Å². The predicted octanol–water partition coefficient (Wildman–Crippen LogP) is 1.13. The summed E-state index contributed by atoms with van der Waals surface area (Å²) < 4.78 is 10.6. The SMILES string of the molecule is COc1ccc(C(NC(=O)c2n[nH]c3c2COCC3)C2CC(O)C2)cn1. The first-order valence-corrected chi connectivity index (χ1v) is 8.78. The molecule has 1 aliphatic heterocycles. The summed E-state index contributed by atoms with van der Waals surface area (Å²) in [5.41, 5.74) is 3.06. The van der Waals surface area contributed by atoms with E-state index >= 15 is 0 Å². The molecule has 1 amide bonds. The second kappa shape index (κ2) is 7.05. The van der Waals surface area contributed by atoms with Crippen LogP contribution < -0.4 is 10.1 Å². The summed E-state index contributed by atoms with van der Waals surface area (Å²) in [5.74, 6) is 0.441. The van der Waals surface area contributed by atoms with Crippen LogP contribution >= 0.6 is 0 Å². The monoisotopic (exact) mass is 358 g/mol. The van der Waals surface area contributed by atoms with Crippen molar-refractivity contribution in [1.29, 1.82) is 0 Å². The molecule has 0 bridgehead atoms. The topological polar surface area (TPSA) is 109 Å². The maximum atomic E-state index is 12.9. The van der Waals surface area contributed by atoms with Gasteiger partial charge in [0.1, 0.15) is 0 Å². The molecule has 3 heterocycles. The van der Waals surface area contributed by atoms with Gasteiger partial charge in [0.25, 0.3) is 5.91 Å². The molecule has 0 spiro atoms. The summed E-state index contributed by atoms with van der Waals surface area (Å²) in [6.45, 7) is 1.03. The number of amides is 1. The van der Waals surface area contributed by atoms with Crippen LogP contribution in [0.4, 0.5) is 0 Å². The third-order valence-electron chi connectivity index (χ3n) is 5.15. The third-order valence-corrected chi connectivity index (χ3v) is 5.15. The van der Waals surface area contributed by atoms with E-state index in [4.69, 9.17) is 9.47 Å². The van der Waals surface area contributed by atoms with E-state index in [1.165, 1.54) is 0 Å². The zero-order valence-electron chi connectivity index (χ0n) is 14.6. The first kappa shape index (κ1) is 17.0. The molecular weight excluding hydrogens is 336 g/mol. The van der Waals surface area contributed by atoms with Crippen LogP contribution in [-0.4, -0.2) is 46.0 Å². The van der Waals surface area contributed by atoms with Crippen molar-refractivity contribution in [3.63, 3.8) is 0 Å². The number of hydrogen-bond donors (Lipinski definition) is 3. The number of H-pyrrole nitrogens is 1. The highest BCUT2D eigenvalue weighted by Gasteiger charge is 2.36. The minimum Gasteiger partial charge on any atom is -0.481 e. The number of aromatic amines is 1. The van der Waals surface area contributed by atoms with E-state index in [-0.39, 0.29) is 24.0 Å². The molecule has 8 heteroatoms. The van der Waals surface area contributed by atoms with Gasteiger partial charge in [-0.15, -0.1) is 0 Å². The Morgan fingerprint density at radius 1 is 1.46 bits per heavy atom. The lowest BCUT2D eigenvalue weighted by Gasteiger charge is -2.38. The smallest absolute Gasteiger partial charge is 0.272 e. The number of rotatable bonds is 5. The lowest BCUT2D eigenvalue weighted by molar-refractivity contribution is 0.0233. The lowest BCUT2D eigenvalue weighted by Crippen LogP contribution is -2.41. The number of hydrogen-bond acceptors (Lipinski definition) is 6. The Labute approximate surface area is 150 Å². The van der Waals surface area contributed by atoms with Crippen molar-refractivity contribution >= 4 is 5.91 Å². The number of carbonyl (C=O) groups excluding carboxylic acids is 1. The first-order valence-electron chi connectivity index (χ1n) is 8.78. The van der Waals surface area contributed by atoms with Crippen LogP contribution in [-0.2, 0) is 17.8 Å². The molecule has 2 aliphatic rings. The van der Waals surface area contributed by atoms with Gasteiger partial charge in [-0.1, -0.05) is 6.07 Å². The average molecular weight is 358 g/mol. The van der Waals surface area contributed by atoms with Crippen molar-refractivity contribution < 1.29 is 19.4 Å². The number of fused-ring (bicyclic) bond motifs is 1. The fourth-order valence-corrected chi connectivity index (χ4v) is 3.58. The second-order valence-corrected chi connectivity index (χ2v) is 6.80. The molecule has 0 aromatic carbocycles. The molecular formula is C18H22N4O4. The van der Waals surface area contributed by atoms with Gasteiger partial charge < -0.3 is 19.9 Å². The van der Waals surface area contributed by atoms with Gasteiger partial charge in [-0.3, -0.25) is 9.89 Å². The summed E-state index contributed by atoms with van der Waals surface area (Å²) >= 11 is 0. The Hall–Kier alpha value is -2.45. The quantitative estimate of drug-likeness (QED) is 0.739. The molecule has 1 aliphatic carbocycles. The number of methoxy groups -OCH3 is 1. The first-order chi connectivity index (χ1) is 12.7. The Bertz CT molecular complexity index is 783. The lowest BCUT2D eigenvalue weighted by atomic mass is 9.75. The van der Waals surface area contributed by atoms with E-state index in [2.05, 4.69) is 20.5 Å². The highest BCUT2D eigenvalue weighted by Crippen LogP contribution is 2.38. The predicted molar refractivity (Wildman–Crippen MR) is 91.7 cm³/mol. The molecule has 1 unspecified atom stereocenters. The van der Waals surface area contributed by atoms with Crippen molar-refractivity contribution in [2.24, 2.45) is 5.92 Å². The minimum atomic E-state index is -0.308. The average Bonchev–Trinajstić information content (AvgIpc) is 3.08. The molecule has 8 nitrogen and oxygen atoms in total. The zero-order chi connectivity index (χ0) is 18.1. The fraction of sp³-hybridized carbons (Fsp3) is 0.500. The van der Waals surface area contributed by atoms with E-state index in [0.717, 1.165) is 23.2 Å². The van der Waals surface area contributed by atoms with Gasteiger partial charge in [-0.25, -0.2) is 4.98 Å². The Kier molecular flexibility index (Phi) is 4.60. The summed E-state index contributed by atoms with van der Waals surface area (Å²) in [5, 5.41) is 19.9. The van der Waals surface area contributed by atoms with Gasteiger partial charge in [-0.05, 0) is 24.3 Å². The molecule has 3 N–H and O–H groups in total. The maximum absolute atomic E-state index is 12.9. The van der Waals surface area contributed by atoms with Gasteiger partial charge in [-0.2, -0.15) is 5.10 Å². The van der Waals surface area contributed by atoms with Gasteiger partial charge >= 0.3 is 0 Å². The number of aliphatic hydroxyl groups is 1. The van der Waals surface area contributed by atoms with E-state index < -0.39 is 0 Å². The molecule has 1 atom stereocenters. The molecule has 138 valence electrons. The van der Waals surface area contributed by atoms with E-state index in [1.54, 1.807) is 19.4 Å². The normalized spacial score (nSPS) is 22.8. The zero-order valence-corrected chi connectivity index (χ0v) is 14.6. The highest BCUT2D eigenvalue weighted by atomic mass is 16.5. The Morgan fingerprint density at radius 3 is 3.00 bits per heavy atom. The number of nitrogens with one attached hydrogen (secondary N) is 2. The van der Waals surface area contributed by atoms with E-state index in [9.17, 15) is 9.90 Å². The third kappa shape index (κ3) is 3.17. The molecule has 26 heavy (non-hydrogen) atoms. The Balaban J connectivity index is 1.56.